The summed E-state index contributed by atoms with van der Waals surface area (Å²) in [6.45, 7) is 6.13. The molecule has 1 aromatic heterocycles. The lowest BCUT2D eigenvalue weighted by Gasteiger charge is -2.20. The number of carbonyl (C=O) groups is 3. The van der Waals surface area contributed by atoms with E-state index in [-0.39, 0.29) is 30.9 Å². The van der Waals surface area contributed by atoms with Gasteiger partial charge in [-0.25, -0.2) is 4.79 Å². The zero-order valence-electron chi connectivity index (χ0n) is 17.9. The molecular weight excluding hydrogens is 398 g/mol. The maximum absolute atomic E-state index is 13.1. The Hall–Kier alpha value is -3.29. The van der Waals surface area contributed by atoms with Crippen LogP contribution in [0.4, 0.5) is 4.79 Å². The quantitative estimate of drug-likeness (QED) is 0.570. The first-order valence-corrected chi connectivity index (χ1v) is 10.5. The van der Waals surface area contributed by atoms with Crippen LogP contribution in [0.1, 0.15) is 47.1 Å². The molecule has 31 heavy (non-hydrogen) atoms. The molecule has 2 aromatic rings. The van der Waals surface area contributed by atoms with E-state index in [0.29, 0.717) is 17.9 Å². The van der Waals surface area contributed by atoms with Gasteiger partial charge in [0.2, 0.25) is 6.79 Å². The van der Waals surface area contributed by atoms with E-state index < -0.39 is 11.6 Å². The Morgan fingerprint density at radius 2 is 1.90 bits per heavy atom. The van der Waals surface area contributed by atoms with E-state index in [0.717, 1.165) is 40.4 Å². The van der Waals surface area contributed by atoms with Crippen LogP contribution in [0, 0.1) is 19.8 Å². The molecule has 2 fully saturated rings. The van der Waals surface area contributed by atoms with Gasteiger partial charge in [-0.3, -0.25) is 14.5 Å². The number of aryl methyl sites for hydroxylation is 1. The van der Waals surface area contributed by atoms with Gasteiger partial charge >= 0.3 is 6.03 Å². The zero-order valence-corrected chi connectivity index (χ0v) is 17.9. The van der Waals surface area contributed by atoms with Crippen molar-refractivity contribution < 1.29 is 23.9 Å². The van der Waals surface area contributed by atoms with E-state index in [9.17, 15) is 14.4 Å². The summed E-state index contributed by atoms with van der Waals surface area (Å²) in [6.07, 6.45) is 1.84. The number of ether oxygens (including phenoxy) is 2. The van der Waals surface area contributed by atoms with Crippen LogP contribution in [-0.2, 0) is 11.3 Å². The molecule has 1 aromatic carbocycles. The van der Waals surface area contributed by atoms with Crippen LogP contribution < -0.4 is 14.8 Å². The molecule has 0 bridgehead atoms. The van der Waals surface area contributed by atoms with Crippen LogP contribution >= 0.6 is 0 Å². The number of amides is 3. The average molecular weight is 423 g/mol. The number of urea groups is 1. The number of hydrogen-bond donors (Lipinski definition) is 1. The van der Waals surface area contributed by atoms with Gasteiger partial charge in [0, 0.05) is 23.5 Å². The normalized spacial score (nSPS) is 22.2. The summed E-state index contributed by atoms with van der Waals surface area (Å²) in [6, 6.07) is 7.13. The minimum Gasteiger partial charge on any atom is -0.454 e. The Morgan fingerprint density at radius 3 is 2.65 bits per heavy atom. The molecule has 1 saturated carbocycles. The summed E-state index contributed by atoms with van der Waals surface area (Å²) >= 11 is 0. The number of Topliss-reactive ketones (excluding diaryl/α,β-unsaturated/α-hetero) is 1. The predicted molar refractivity (Wildman–Crippen MR) is 111 cm³/mol. The number of fused-ring (bicyclic) bond motifs is 1. The summed E-state index contributed by atoms with van der Waals surface area (Å²) in [5, 5.41) is 2.79. The third-order valence-corrected chi connectivity index (χ3v) is 6.65. The largest absolute Gasteiger partial charge is 0.454 e. The number of hydrogen-bond acceptors (Lipinski definition) is 5. The van der Waals surface area contributed by atoms with Crippen LogP contribution in [0.25, 0.3) is 0 Å². The van der Waals surface area contributed by atoms with Crippen molar-refractivity contribution in [2.24, 2.45) is 5.92 Å². The summed E-state index contributed by atoms with van der Waals surface area (Å²) in [5.74, 6) is 1.06. The third kappa shape index (κ3) is 3.17. The number of nitrogens with one attached hydrogen (secondary N) is 1. The number of carbonyl (C=O) groups excluding carboxylic acids is 3. The van der Waals surface area contributed by atoms with E-state index in [1.807, 2.05) is 42.7 Å². The first-order valence-electron chi connectivity index (χ1n) is 10.5. The van der Waals surface area contributed by atoms with Crippen LogP contribution in [0.3, 0.4) is 0 Å². The number of ketones is 1. The Kier molecular flexibility index (Phi) is 4.35. The van der Waals surface area contributed by atoms with Gasteiger partial charge in [-0.05, 0) is 63.3 Å². The molecule has 162 valence electrons. The molecule has 1 saturated heterocycles. The van der Waals surface area contributed by atoms with Crippen LogP contribution in [-0.4, -0.2) is 46.1 Å². The fourth-order valence-corrected chi connectivity index (χ4v) is 4.57. The Morgan fingerprint density at radius 1 is 1.16 bits per heavy atom. The lowest BCUT2D eigenvalue weighted by Crippen LogP contribution is -2.46. The number of benzene rings is 1. The van der Waals surface area contributed by atoms with Gasteiger partial charge in [0.05, 0.1) is 6.54 Å². The lowest BCUT2D eigenvalue weighted by molar-refractivity contribution is -0.131. The predicted octanol–water partition coefficient (Wildman–Crippen LogP) is 2.79. The van der Waals surface area contributed by atoms with E-state index in [4.69, 9.17) is 9.47 Å². The smallest absolute Gasteiger partial charge is 0.325 e. The lowest BCUT2D eigenvalue weighted by atomic mass is 9.96. The highest BCUT2D eigenvalue weighted by atomic mass is 16.7. The molecule has 3 amide bonds. The molecule has 5 rings (SSSR count). The summed E-state index contributed by atoms with van der Waals surface area (Å²) < 4.78 is 12.9. The molecule has 2 aliphatic heterocycles. The second-order valence-corrected chi connectivity index (χ2v) is 8.78. The molecule has 3 heterocycles. The highest BCUT2D eigenvalue weighted by Crippen LogP contribution is 2.42. The fourth-order valence-electron chi connectivity index (χ4n) is 4.57. The van der Waals surface area contributed by atoms with Gasteiger partial charge in [0.15, 0.2) is 17.3 Å². The molecule has 1 aliphatic carbocycles. The molecule has 1 unspecified atom stereocenters. The van der Waals surface area contributed by atoms with Crippen molar-refractivity contribution in [2.75, 3.05) is 13.3 Å². The molecule has 8 heteroatoms. The monoisotopic (exact) mass is 423 g/mol. The maximum Gasteiger partial charge on any atom is 0.325 e. The second-order valence-electron chi connectivity index (χ2n) is 8.78. The Bertz CT molecular complexity index is 1120. The summed E-state index contributed by atoms with van der Waals surface area (Å²) in [4.78, 5) is 39.4. The second kappa shape index (κ2) is 6.87. The molecule has 8 nitrogen and oxygen atoms in total. The molecule has 3 aliphatic rings. The van der Waals surface area contributed by atoms with Gasteiger partial charge in [-0.1, -0.05) is 6.07 Å². The first-order chi connectivity index (χ1) is 14.8. The van der Waals surface area contributed by atoms with E-state index in [1.54, 1.807) is 6.92 Å². The minimum atomic E-state index is -0.881. The van der Waals surface area contributed by atoms with E-state index in [2.05, 4.69) is 5.32 Å². The van der Waals surface area contributed by atoms with E-state index >= 15 is 0 Å². The van der Waals surface area contributed by atoms with Crippen molar-refractivity contribution in [2.45, 2.75) is 45.7 Å². The fraction of sp³-hybridized carbons (Fsp3) is 0.435. The first kappa shape index (κ1) is 19.7. The highest BCUT2D eigenvalue weighted by molar-refractivity contribution is 6.11. The van der Waals surface area contributed by atoms with Crippen LogP contribution in [0.5, 0.6) is 11.5 Å². The van der Waals surface area contributed by atoms with E-state index in [1.165, 1.54) is 0 Å². The summed E-state index contributed by atoms with van der Waals surface area (Å²) in [5.41, 5.74) is 2.40. The van der Waals surface area contributed by atoms with Crippen molar-refractivity contribution >= 4 is 17.7 Å². The third-order valence-electron chi connectivity index (χ3n) is 6.65. The maximum atomic E-state index is 13.1. The number of nitrogens with zero attached hydrogens (tertiary/aromatic N) is 2. The SMILES string of the molecule is Cc1cc(C(=O)CN2C(=O)NC(C)(C3CC3)C2=O)c(C)n1Cc1ccc2c(c1)OCO2. The standard InChI is InChI=1S/C23H25N3O5/c1-13-8-17(14(2)25(13)10-15-4-7-19-20(9-15)31-12-30-19)18(27)11-26-21(28)23(3,16-5-6-16)24-22(26)29/h4,7-9,16H,5-6,10-12H2,1-3H3,(H,24,29). The van der Waals surface area contributed by atoms with Crippen molar-refractivity contribution in [3.05, 3.63) is 46.8 Å². The summed E-state index contributed by atoms with van der Waals surface area (Å²) in [7, 11) is 0. The van der Waals surface area contributed by atoms with Crippen LogP contribution in [0.15, 0.2) is 24.3 Å². The van der Waals surface area contributed by atoms with Crippen molar-refractivity contribution in [3.8, 4) is 11.5 Å². The van der Waals surface area contributed by atoms with Crippen LogP contribution in [0.2, 0.25) is 0 Å². The van der Waals surface area contributed by atoms with Gasteiger partial charge in [0.25, 0.3) is 5.91 Å². The Balaban J connectivity index is 1.35. The number of aromatic nitrogens is 1. The van der Waals surface area contributed by atoms with Crippen molar-refractivity contribution in [1.82, 2.24) is 14.8 Å². The van der Waals surface area contributed by atoms with Crippen molar-refractivity contribution in [1.29, 1.82) is 0 Å². The van der Waals surface area contributed by atoms with Gasteiger partial charge in [-0.15, -0.1) is 0 Å². The van der Waals surface area contributed by atoms with Gasteiger partial charge in [0.1, 0.15) is 5.54 Å². The highest BCUT2D eigenvalue weighted by Gasteiger charge is 2.56. The van der Waals surface area contributed by atoms with Gasteiger partial charge < -0.3 is 19.4 Å². The Labute approximate surface area is 180 Å². The molecule has 1 N–H and O–H groups in total. The number of rotatable bonds is 6. The molecule has 1 atom stereocenters. The van der Waals surface area contributed by atoms with Crippen molar-refractivity contribution in [3.63, 3.8) is 0 Å². The molecule has 0 spiro atoms. The average Bonchev–Trinajstić information content (AvgIpc) is 3.39. The van der Waals surface area contributed by atoms with Gasteiger partial charge in [-0.2, -0.15) is 0 Å². The molecular formula is C23H25N3O5. The zero-order chi connectivity index (χ0) is 21.9. The number of imide groups is 1. The topological polar surface area (TPSA) is 89.9 Å². The minimum absolute atomic E-state index is 0.163. The molecule has 0 radical (unpaired) electrons.